The number of carbonyl (C=O) groups excluding carboxylic acids is 3. The van der Waals surface area contributed by atoms with Gasteiger partial charge in [0.05, 0.1) is 6.10 Å². The molecule has 5 heteroatoms. The molecule has 3 fully saturated rings. The summed E-state index contributed by atoms with van der Waals surface area (Å²) in [7, 11) is 0. The zero-order chi connectivity index (χ0) is 31.6. The van der Waals surface area contributed by atoms with Gasteiger partial charge in [-0.05, 0) is 93.6 Å². The van der Waals surface area contributed by atoms with Gasteiger partial charge in [-0.15, -0.1) is 0 Å². The van der Waals surface area contributed by atoms with Gasteiger partial charge < -0.3 is 9.84 Å². The Morgan fingerprint density at radius 3 is 2.30 bits per heavy atom. The summed E-state index contributed by atoms with van der Waals surface area (Å²) in [6.07, 6.45) is 30.1. The number of hydrogen-bond acceptors (Lipinski definition) is 5. The van der Waals surface area contributed by atoms with Crippen molar-refractivity contribution in [2.45, 2.75) is 149 Å². The summed E-state index contributed by atoms with van der Waals surface area (Å²) >= 11 is 0. The molecule has 0 spiro atoms. The summed E-state index contributed by atoms with van der Waals surface area (Å²) in [5, 5.41) is 11.5. The summed E-state index contributed by atoms with van der Waals surface area (Å²) < 4.78 is 5.47. The van der Waals surface area contributed by atoms with Crippen molar-refractivity contribution in [2.75, 3.05) is 6.61 Å². The number of hydrogen-bond donors (Lipinski definition) is 1. The van der Waals surface area contributed by atoms with Crippen LogP contribution >= 0.6 is 0 Å². The molecule has 3 saturated carbocycles. The van der Waals surface area contributed by atoms with Crippen molar-refractivity contribution in [1.82, 2.24) is 0 Å². The maximum absolute atomic E-state index is 13.4. The highest BCUT2D eigenvalue weighted by Gasteiger charge is 2.62. The van der Waals surface area contributed by atoms with Crippen LogP contribution in [0.1, 0.15) is 143 Å². The molecule has 0 aliphatic heterocycles. The molecule has 0 aromatic carbocycles. The number of ether oxygens (including phenoxy) is 1. The number of aliphatic hydroxyl groups excluding tert-OH is 1. The average molecular weight is 609 g/mol. The van der Waals surface area contributed by atoms with Crippen LogP contribution in [0, 0.1) is 34.5 Å². The molecule has 0 aromatic rings. The molecule has 246 valence electrons. The summed E-state index contributed by atoms with van der Waals surface area (Å²) in [4.78, 5) is 37.9. The SMILES string of the molecule is CCCCCCCCCCC/C=C/CCCCC(=O)OCC(=O)C1CCC2C3CCC4=CC(=O)C=CC4(C)C3C(O)CC12C. The molecule has 4 aliphatic carbocycles. The molecular formula is C39H60O5. The van der Waals surface area contributed by atoms with E-state index in [2.05, 4.69) is 32.9 Å². The maximum Gasteiger partial charge on any atom is 0.306 e. The Morgan fingerprint density at radius 1 is 0.932 bits per heavy atom. The van der Waals surface area contributed by atoms with Crippen LogP contribution in [0.4, 0.5) is 0 Å². The van der Waals surface area contributed by atoms with E-state index < -0.39 is 6.10 Å². The Kier molecular flexibility index (Phi) is 13.1. The Hall–Kier alpha value is -2.01. The number of ketones is 2. The lowest BCUT2D eigenvalue weighted by atomic mass is 9.46. The third kappa shape index (κ3) is 8.42. The van der Waals surface area contributed by atoms with Crippen molar-refractivity contribution >= 4 is 17.5 Å². The summed E-state index contributed by atoms with van der Waals surface area (Å²) in [5.74, 6) is 0.351. The molecular weight excluding hydrogens is 548 g/mol. The van der Waals surface area contributed by atoms with Gasteiger partial charge in [0.25, 0.3) is 0 Å². The van der Waals surface area contributed by atoms with Crippen molar-refractivity contribution in [3.05, 3.63) is 36.0 Å². The number of Topliss-reactive ketones (excluding diaryl/α,β-unsaturated/α-hetero) is 1. The number of allylic oxidation sites excluding steroid dienone is 6. The fraction of sp³-hybridized carbons (Fsp3) is 0.769. The number of carbonyl (C=O) groups is 3. The van der Waals surface area contributed by atoms with Crippen LogP contribution in [0.25, 0.3) is 0 Å². The molecule has 44 heavy (non-hydrogen) atoms. The Bertz CT molecular complexity index is 1070. The highest BCUT2D eigenvalue weighted by Crippen LogP contribution is 2.66. The second kappa shape index (κ2) is 16.5. The van der Waals surface area contributed by atoms with E-state index in [1.165, 1.54) is 57.8 Å². The number of fused-ring (bicyclic) bond motifs is 5. The Balaban J connectivity index is 1.11. The smallest absolute Gasteiger partial charge is 0.306 e. The van der Waals surface area contributed by atoms with Crippen molar-refractivity contribution in [2.24, 2.45) is 34.5 Å². The minimum atomic E-state index is -0.525. The predicted octanol–water partition coefficient (Wildman–Crippen LogP) is 9.03. The number of aliphatic hydroxyl groups is 1. The van der Waals surface area contributed by atoms with E-state index in [9.17, 15) is 19.5 Å². The summed E-state index contributed by atoms with van der Waals surface area (Å²) in [6, 6.07) is 0. The Morgan fingerprint density at radius 2 is 1.59 bits per heavy atom. The molecule has 0 aromatic heterocycles. The quantitative estimate of drug-likeness (QED) is 0.0954. The van der Waals surface area contributed by atoms with Gasteiger partial charge in [-0.25, -0.2) is 0 Å². The zero-order valence-corrected chi connectivity index (χ0v) is 28.0. The highest BCUT2D eigenvalue weighted by molar-refractivity contribution is 6.01. The molecule has 0 amide bonds. The zero-order valence-electron chi connectivity index (χ0n) is 28.0. The topological polar surface area (TPSA) is 80.7 Å². The highest BCUT2D eigenvalue weighted by atomic mass is 16.5. The standard InChI is InChI=1S/C39H60O5/c1-4-5-6-7-8-9-10-11-12-13-14-15-16-17-18-19-36(43)44-28-35(42)33-23-22-32-31-21-20-29-26-30(40)24-25-38(29,2)37(31)34(41)27-39(32,33)3/h14-15,24-26,31-34,37,41H,4-13,16-23,27-28H2,1-3H3/b15-14+. The minimum Gasteiger partial charge on any atom is -0.458 e. The van der Waals surface area contributed by atoms with E-state index in [4.69, 9.17) is 4.74 Å². The van der Waals surface area contributed by atoms with E-state index >= 15 is 0 Å². The van der Waals surface area contributed by atoms with Crippen LogP contribution in [0.15, 0.2) is 36.0 Å². The van der Waals surface area contributed by atoms with E-state index in [0.717, 1.165) is 56.9 Å². The summed E-state index contributed by atoms with van der Waals surface area (Å²) in [6.45, 7) is 6.48. The van der Waals surface area contributed by atoms with Crippen LogP contribution in [0.5, 0.6) is 0 Å². The van der Waals surface area contributed by atoms with Gasteiger partial charge in [0.15, 0.2) is 11.6 Å². The van der Waals surface area contributed by atoms with Gasteiger partial charge in [-0.1, -0.05) is 95.9 Å². The van der Waals surface area contributed by atoms with Crippen LogP contribution in [0.2, 0.25) is 0 Å². The van der Waals surface area contributed by atoms with Crippen LogP contribution < -0.4 is 0 Å². The predicted molar refractivity (Wildman–Crippen MR) is 177 cm³/mol. The molecule has 4 aliphatic rings. The monoisotopic (exact) mass is 608 g/mol. The maximum atomic E-state index is 13.4. The first-order valence-corrected chi connectivity index (χ1v) is 18.2. The van der Waals surface area contributed by atoms with Crippen molar-refractivity contribution in [3.63, 3.8) is 0 Å². The van der Waals surface area contributed by atoms with Crippen LogP contribution in [-0.2, 0) is 19.1 Å². The molecule has 7 atom stereocenters. The van der Waals surface area contributed by atoms with Gasteiger partial charge in [0, 0.05) is 23.7 Å². The van der Waals surface area contributed by atoms with Gasteiger partial charge in [0.1, 0.15) is 6.61 Å². The van der Waals surface area contributed by atoms with Gasteiger partial charge >= 0.3 is 5.97 Å². The number of rotatable bonds is 18. The van der Waals surface area contributed by atoms with Gasteiger partial charge in [-0.2, -0.15) is 0 Å². The lowest BCUT2D eigenvalue weighted by Crippen LogP contribution is -2.56. The third-order valence-electron chi connectivity index (χ3n) is 11.9. The normalized spacial score (nSPS) is 32.7. The van der Waals surface area contributed by atoms with E-state index in [1.54, 1.807) is 12.2 Å². The largest absolute Gasteiger partial charge is 0.458 e. The van der Waals surface area contributed by atoms with Crippen LogP contribution in [0.3, 0.4) is 0 Å². The van der Waals surface area contributed by atoms with Crippen molar-refractivity contribution < 1.29 is 24.2 Å². The van der Waals surface area contributed by atoms with E-state index in [1.807, 2.05) is 6.08 Å². The lowest BCUT2D eigenvalue weighted by Gasteiger charge is -2.58. The second-order valence-electron chi connectivity index (χ2n) is 14.9. The van der Waals surface area contributed by atoms with Gasteiger partial charge in [0.2, 0.25) is 0 Å². The minimum absolute atomic E-state index is 0.0131. The van der Waals surface area contributed by atoms with Crippen molar-refractivity contribution in [3.8, 4) is 0 Å². The van der Waals surface area contributed by atoms with Crippen molar-refractivity contribution in [1.29, 1.82) is 0 Å². The lowest BCUT2D eigenvalue weighted by molar-refractivity contribution is -0.153. The number of esters is 1. The second-order valence-corrected chi connectivity index (χ2v) is 14.9. The molecule has 0 saturated heterocycles. The van der Waals surface area contributed by atoms with Gasteiger partial charge in [-0.3, -0.25) is 14.4 Å². The van der Waals surface area contributed by atoms with E-state index in [0.29, 0.717) is 24.7 Å². The fourth-order valence-electron chi connectivity index (χ4n) is 9.52. The molecule has 0 radical (unpaired) electrons. The average Bonchev–Trinajstić information content (AvgIpc) is 3.34. The molecule has 0 heterocycles. The third-order valence-corrected chi connectivity index (χ3v) is 11.9. The first kappa shape index (κ1) is 34.9. The Labute approximate surface area is 267 Å². The molecule has 0 bridgehead atoms. The fourth-order valence-corrected chi connectivity index (χ4v) is 9.52. The molecule has 4 rings (SSSR count). The first-order valence-electron chi connectivity index (χ1n) is 18.2. The molecule has 7 unspecified atom stereocenters. The molecule has 1 N–H and O–H groups in total. The molecule has 5 nitrogen and oxygen atoms in total. The summed E-state index contributed by atoms with van der Waals surface area (Å²) in [5.41, 5.74) is 0.575. The van der Waals surface area contributed by atoms with Crippen LogP contribution in [-0.4, -0.2) is 35.4 Å². The number of unbranched alkanes of at least 4 members (excludes halogenated alkanes) is 11. The first-order chi connectivity index (χ1) is 21.2. The van der Waals surface area contributed by atoms with E-state index in [-0.39, 0.29) is 46.8 Å².